The van der Waals surface area contributed by atoms with Crippen molar-refractivity contribution >= 4 is 11.9 Å². The van der Waals surface area contributed by atoms with Crippen LogP contribution in [0.15, 0.2) is 48.5 Å². The molecule has 0 aliphatic carbocycles. The van der Waals surface area contributed by atoms with Gasteiger partial charge in [0.2, 0.25) is 0 Å². The number of halogens is 3. The minimum absolute atomic E-state index is 0.122. The van der Waals surface area contributed by atoms with Gasteiger partial charge in [-0.2, -0.15) is 13.2 Å². The van der Waals surface area contributed by atoms with Gasteiger partial charge in [0, 0.05) is 18.7 Å². The van der Waals surface area contributed by atoms with Crippen LogP contribution in [0.5, 0.6) is 0 Å². The Labute approximate surface area is 154 Å². The predicted octanol–water partition coefficient (Wildman–Crippen LogP) is 4.17. The third-order valence-electron chi connectivity index (χ3n) is 4.90. The van der Waals surface area contributed by atoms with Crippen LogP contribution < -0.4 is 0 Å². The molecule has 1 aliphatic rings. The van der Waals surface area contributed by atoms with E-state index in [-0.39, 0.29) is 18.4 Å². The summed E-state index contributed by atoms with van der Waals surface area (Å²) in [5.41, 5.74) is 0.597. The Hall–Kier alpha value is -2.83. The average molecular weight is 377 g/mol. The lowest BCUT2D eigenvalue weighted by atomic mass is 9.98. The maximum Gasteiger partial charge on any atom is 0.416 e. The first-order valence-corrected chi connectivity index (χ1v) is 8.47. The molecule has 3 rings (SSSR count). The fourth-order valence-electron chi connectivity index (χ4n) is 3.38. The zero-order valence-corrected chi connectivity index (χ0v) is 14.5. The number of carbonyl (C=O) groups is 2. The molecule has 27 heavy (non-hydrogen) atoms. The van der Waals surface area contributed by atoms with E-state index in [0.29, 0.717) is 23.2 Å². The van der Waals surface area contributed by atoms with Crippen LogP contribution in [-0.4, -0.2) is 35.0 Å². The van der Waals surface area contributed by atoms with Crippen LogP contribution in [0.25, 0.3) is 11.1 Å². The van der Waals surface area contributed by atoms with Crippen LogP contribution in [0, 0.1) is 11.8 Å². The fraction of sp³-hybridized carbons (Fsp3) is 0.300. The second-order valence-corrected chi connectivity index (χ2v) is 6.75. The number of aliphatic carboxylic acids is 1. The number of carbonyl (C=O) groups excluding carboxylic acids is 1. The molecular weight excluding hydrogens is 359 g/mol. The lowest BCUT2D eigenvalue weighted by molar-refractivity contribution is -0.142. The monoisotopic (exact) mass is 377 g/mol. The van der Waals surface area contributed by atoms with Crippen molar-refractivity contribution in [1.82, 2.24) is 4.90 Å². The SMILES string of the molecule is C[C@@H]1CN(C(=O)c2ccccc2-c2ccc(C(F)(F)F)cc2)C[C@H]1C(=O)O. The molecule has 2 aromatic carbocycles. The summed E-state index contributed by atoms with van der Waals surface area (Å²) in [5, 5.41) is 9.25. The molecule has 0 unspecified atom stereocenters. The topological polar surface area (TPSA) is 57.6 Å². The van der Waals surface area contributed by atoms with Gasteiger partial charge in [-0.15, -0.1) is 0 Å². The molecule has 1 heterocycles. The van der Waals surface area contributed by atoms with Crippen molar-refractivity contribution in [2.75, 3.05) is 13.1 Å². The Balaban J connectivity index is 1.91. The predicted molar refractivity (Wildman–Crippen MR) is 93.1 cm³/mol. The number of rotatable bonds is 3. The maximum atomic E-state index is 12.9. The molecule has 1 amide bonds. The van der Waals surface area contributed by atoms with E-state index in [1.807, 2.05) is 0 Å². The van der Waals surface area contributed by atoms with Crippen LogP contribution in [0.3, 0.4) is 0 Å². The van der Waals surface area contributed by atoms with Gasteiger partial charge in [0.15, 0.2) is 0 Å². The van der Waals surface area contributed by atoms with Gasteiger partial charge in [0.25, 0.3) is 5.91 Å². The van der Waals surface area contributed by atoms with E-state index in [9.17, 15) is 27.9 Å². The van der Waals surface area contributed by atoms with Crippen molar-refractivity contribution in [1.29, 1.82) is 0 Å². The molecule has 0 bridgehead atoms. The summed E-state index contributed by atoms with van der Waals surface area (Å²) in [7, 11) is 0. The third-order valence-corrected chi connectivity index (χ3v) is 4.90. The standard InChI is InChI=1S/C20H18F3NO3/c1-12-10-24(11-17(12)19(26)27)18(25)16-5-3-2-4-15(16)13-6-8-14(9-7-13)20(21,22)23/h2-9,12,17H,10-11H2,1H3,(H,26,27)/t12-,17-/m1/s1. The van der Waals surface area contributed by atoms with Crippen molar-refractivity contribution in [3.8, 4) is 11.1 Å². The van der Waals surface area contributed by atoms with Gasteiger partial charge in [-0.3, -0.25) is 9.59 Å². The summed E-state index contributed by atoms with van der Waals surface area (Å²) in [4.78, 5) is 25.7. The van der Waals surface area contributed by atoms with Crippen LogP contribution in [0.4, 0.5) is 13.2 Å². The van der Waals surface area contributed by atoms with Crippen molar-refractivity contribution in [2.24, 2.45) is 11.8 Å². The van der Waals surface area contributed by atoms with Gasteiger partial charge in [-0.25, -0.2) is 0 Å². The van der Waals surface area contributed by atoms with E-state index >= 15 is 0 Å². The number of alkyl halides is 3. The third kappa shape index (κ3) is 3.82. The van der Waals surface area contributed by atoms with E-state index in [0.717, 1.165) is 12.1 Å². The number of hydrogen-bond acceptors (Lipinski definition) is 2. The molecule has 0 saturated carbocycles. The zero-order valence-electron chi connectivity index (χ0n) is 14.5. The van der Waals surface area contributed by atoms with Gasteiger partial charge in [0.1, 0.15) is 0 Å². The van der Waals surface area contributed by atoms with E-state index in [1.54, 1.807) is 31.2 Å². The highest BCUT2D eigenvalue weighted by Crippen LogP contribution is 2.33. The highest BCUT2D eigenvalue weighted by atomic mass is 19.4. The first kappa shape index (κ1) is 18.9. The molecule has 4 nitrogen and oxygen atoms in total. The molecule has 7 heteroatoms. The molecule has 1 saturated heterocycles. The lowest BCUT2D eigenvalue weighted by Gasteiger charge is -2.18. The summed E-state index contributed by atoms with van der Waals surface area (Å²) in [6.07, 6.45) is -4.43. The largest absolute Gasteiger partial charge is 0.481 e. The van der Waals surface area contributed by atoms with Crippen molar-refractivity contribution in [3.05, 3.63) is 59.7 Å². The molecular formula is C20H18F3NO3. The molecule has 1 fully saturated rings. The molecule has 2 aromatic rings. The average Bonchev–Trinajstić information content (AvgIpc) is 3.02. The number of hydrogen-bond donors (Lipinski definition) is 1. The quantitative estimate of drug-likeness (QED) is 0.874. The zero-order chi connectivity index (χ0) is 19.8. The lowest BCUT2D eigenvalue weighted by Crippen LogP contribution is -2.30. The normalized spacial score (nSPS) is 19.9. The minimum Gasteiger partial charge on any atom is -0.481 e. The number of carboxylic acid groups (broad SMARTS) is 1. The van der Waals surface area contributed by atoms with Crippen LogP contribution in [-0.2, 0) is 11.0 Å². The van der Waals surface area contributed by atoms with Crippen LogP contribution in [0.1, 0.15) is 22.8 Å². The Morgan fingerprint density at radius 1 is 1.04 bits per heavy atom. The molecule has 142 valence electrons. The first-order chi connectivity index (χ1) is 12.7. The number of nitrogens with zero attached hydrogens (tertiary/aromatic N) is 1. The Kier molecular flexibility index (Phi) is 4.95. The van der Waals surface area contributed by atoms with Crippen LogP contribution >= 0.6 is 0 Å². The summed E-state index contributed by atoms with van der Waals surface area (Å²) in [6, 6.07) is 11.3. The van der Waals surface area contributed by atoms with Crippen molar-refractivity contribution in [3.63, 3.8) is 0 Å². The molecule has 1 N–H and O–H groups in total. The molecule has 2 atom stereocenters. The molecule has 0 aromatic heterocycles. The smallest absolute Gasteiger partial charge is 0.416 e. The van der Waals surface area contributed by atoms with Gasteiger partial charge in [0.05, 0.1) is 11.5 Å². The van der Waals surface area contributed by atoms with Gasteiger partial charge in [-0.05, 0) is 35.2 Å². The highest BCUT2D eigenvalue weighted by Gasteiger charge is 2.37. The second-order valence-electron chi connectivity index (χ2n) is 6.75. The first-order valence-electron chi connectivity index (χ1n) is 8.47. The number of carboxylic acids is 1. The van der Waals surface area contributed by atoms with Crippen molar-refractivity contribution < 1.29 is 27.9 Å². The van der Waals surface area contributed by atoms with E-state index in [4.69, 9.17) is 0 Å². The van der Waals surface area contributed by atoms with E-state index in [2.05, 4.69) is 0 Å². The maximum absolute atomic E-state index is 12.9. The molecule has 1 aliphatic heterocycles. The van der Waals surface area contributed by atoms with Gasteiger partial charge >= 0.3 is 12.1 Å². The Bertz CT molecular complexity index is 862. The Morgan fingerprint density at radius 2 is 1.67 bits per heavy atom. The summed E-state index contributed by atoms with van der Waals surface area (Å²) >= 11 is 0. The van der Waals surface area contributed by atoms with Gasteiger partial charge in [-0.1, -0.05) is 37.3 Å². The fourth-order valence-corrected chi connectivity index (χ4v) is 3.38. The van der Waals surface area contributed by atoms with Gasteiger partial charge < -0.3 is 10.0 Å². The summed E-state index contributed by atoms with van der Waals surface area (Å²) in [5.74, 6) is -2.04. The minimum atomic E-state index is -4.43. The van der Waals surface area contributed by atoms with Crippen LogP contribution in [0.2, 0.25) is 0 Å². The highest BCUT2D eigenvalue weighted by molar-refractivity contribution is 6.01. The number of amides is 1. The number of likely N-dealkylation sites (tertiary alicyclic amines) is 1. The van der Waals surface area contributed by atoms with E-state index < -0.39 is 23.6 Å². The molecule has 0 spiro atoms. The molecule has 0 radical (unpaired) electrons. The summed E-state index contributed by atoms with van der Waals surface area (Å²) < 4.78 is 38.3. The number of benzene rings is 2. The summed E-state index contributed by atoms with van der Waals surface area (Å²) in [6.45, 7) is 2.24. The Morgan fingerprint density at radius 3 is 2.22 bits per heavy atom. The van der Waals surface area contributed by atoms with Crippen molar-refractivity contribution in [2.45, 2.75) is 13.1 Å². The van der Waals surface area contributed by atoms with E-state index in [1.165, 1.54) is 17.0 Å². The second kappa shape index (κ2) is 7.06.